The molecule has 1 aromatic carbocycles. The number of unbranched alkanes of at least 4 members (excludes halogenated alkanes) is 1. The van der Waals surface area contributed by atoms with E-state index in [2.05, 4.69) is 74.6 Å². The van der Waals surface area contributed by atoms with Gasteiger partial charge in [0, 0.05) is 37.7 Å². The van der Waals surface area contributed by atoms with Crippen molar-refractivity contribution in [2.75, 3.05) is 20.1 Å². The minimum atomic E-state index is 0. The van der Waals surface area contributed by atoms with Crippen molar-refractivity contribution in [1.29, 1.82) is 0 Å². The van der Waals surface area contributed by atoms with Crippen molar-refractivity contribution in [3.63, 3.8) is 0 Å². The molecule has 0 saturated heterocycles. The van der Waals surface area contributed by atoms with Crippen molar-refractivity contribution >= 4 is 45.9 Å². The SMILES string of the molecule is CCNC(=NCCCCn1cnnc1)N(C)Cc1ccc(Br)cc1.I. The summed E-state index contributed by atoms with van der Waals surface area (Å²) < 4.78 is 3.09. The lowest BCUT2D eigenvalue weighted by Crippen LogP contribution is -2.38. The van der Waals surface area contributed by atoms with E-state index < -0.39 is 0 Å². The highest BCUT2D eigenvalue weighted by Crippen LogP contribution is 2.11. The lowest BCUT2D eigenvalue weighted by molar-refractivity contribution is 0.475. The molecule has 0 unspecified atom stereocenters. The fourth-order valence-corrected chi connectivity index (χ4v) is 2.60. The fraction of sp³-hybridized carbons (Fsp3) is 0.471. The van der Waals surface area contributed by atoms with E-state index in [1.165, 1.54) is 5.56 Å². The van der Waals surface area contributed by atoms with E-state index in [0.717, 1.165) is 49.5 Å². The molecule has 6 nitrogen and oxygen atoms in total. The summed E-state index contributed by atoms with van der Waals surface area (Å²) in [7, 11) is 2.07. The normalized spacial score (nSPS) is 11.1. The Kier molecular flexibility index (Phi) is 10.7. The van der Waals surface area contributed by atoms with E-state index in [0.29, 0.717) is 0 Å². The third kappa shape index (κ3) is 8.17. The molecule has 0 saturated carbocycles. The summed E-state index contributed by atoms with van der Waals surface area (Å²) in [5.41, 5.74) is 1.26. The first-order chi connectivity index (χ1) is 11.7. The maximum atomic E-state index is 4.73. The average molecular weight is 521 g/mol. The minimum Gasteiger partial charge on any atom is -0.357 e. The molecule has 138 valence electrons. The largest absolute Gasteiger partial charge is 0.357 e. The minimum absolute atomic E-state index is 0. The van der Waals surface area contributed by atoms with Gasteiger partial charge in [-0.3, -0.25) is 4.99 Å². The Bertz CT molecular complexity index is 615. The zero-order valence-corrected chi connectivity index (χ0v) is 18.6. The van der Waals surface area contributed by atoms with E-state index in [-0.39, 0.29) is 24.0 Å². The van der Waals surface area contributed by atoms with Gasteiger partial charge in [0.1, 0.15) is 12.7 Å². The van der Waals surface area contributed by atoms with Gasteiger partial charge in [-0.15, -0.1) is 34.2 Å². The van der Waals surface area contributed by atoms with Crippen LogP contribution in [0, 0.1) is 0 Å². The van der Waals surface area contributed by atoms with Gasteiger partial charge in [0.2, 0.25) is 0 Å². The lowest BCUT2D eigenvalue weighted by Gasteiger charge is -2.22. The molecule has 0 fully saturated rings. The Morgan fingerprint density at radius 3 is 2.52 bits per heavy atom. The molecule has 2 aromatic rings. The molecule has 0 amide bonds. The average Bonchev–Trinajstić information content (AvgIpc) is 3.09. The van der Waals surface area contributed by atoms with Gasteiger partial charge < -0.3 is 14.8 Å². The van der Waals surface area contributed by atoms with Crippen LogP contribution >= 0.6 is 39.9 Å². The summed E-state index contributed by atoms with van der Waals surface area (Å²) in [5.74, 6) is 0.949. The van der Waals surface area contributed by atoms with Crippen LogP contribution in [0.1, 0.15) is 25.3 Å². The van der Waals surface area contributed by atoms with Gasteiger partial charge in [-0.25, -0.2) is 0 Å². The van der Waals surface area contributed by atoms with Crippen LogP contribution in [-0.2, 0) is 13.1 Å². The number of aromatic nitrogens is 3. The number of aryl methyl sites for hydroxylation is 1. The van der Waals surface area contributed by atoms with Crippen LogP contribution in [0.5, 0.6) is 0 Å². The highest BCUT2D eigenvalue weighted by molar-refractivity contribution is 14.0. The number of benzene rings is 1. The summed E-state index contributed by atoms with van der Waals surface area (Å²) in [6, 6.07) is 8.39. The third-order valence-electron chi connectivity index (χ3n) is 3.58. The van der Waals surface area contributed by atoms with Gasteiger partial charge in [-0.05, 0) is 37.5 Å². The Balaban J connectivity index is 0.00000312. The molecule has 0 aliphatic rings. The molecule has 1 N–H and O–H groups in total. The number of rotatable bonds is 8. The first-order valence-electron chi connectivity index (χ1n) is 8.25. The predicted molar refractivity (Wildman–Crippen MR) is 116 cm³/mol. The number of guanidine groups is 1. The Hall–Kier alpha value is -1.16. The van der Waals surface area contributed by atoms with Crippen LogP contribution < -0.4 is 5.32 Å². The van der Waals surface area contributed by atoms with Crippen molar-refractivity contribution in [3.8, 4) is 0 Å². The molecule has 0 atom stereocenters. The fourth-order valence-electron chi connectivity index (χ4n) is 2.34. The van der Waals surface area contributed by atoms with Gasteiger partial charge in [0.25, 0.3) is 0 Å². The van der Waals surface area contributed by atoms with E-state index in [1.807, 2.05) is 4.57 Å². The quantitative estimate of drug-likeness (QED) is 0.250. The summed E-state index contributed by atoms with van der Waals surface area (Å²) in [6.07, 6.45) is 5.61. The van der Waals surface area contributed by atoms with Crippen LogP contribution in [0.25, 0.3) is 0 Å². The zero-order valence-electron chi connectivity index (χ0n) is 14.7. The van der Waals surface area contributed by atoms with Crippen LogP contribution in [0.3, 0.4) is 0 Å². The Morgan fingerprint density at radius 2 is 1.88 bits per heavy atom. The Labute approximate surface area is 175 Å². The first-order valence-corrected chi connectivity index (χ1v) is 9.04. The first kappa shape index (κ1) is 21.9. The molecule has 0 radical (unpaired) electrons. The van der Waals surface area contributed by atoms with E-state index >= 15 is 0 Å². The van der Waals surface area contributed by atoms with Crippen LogP contribution in [0.4, 0.5) is 0 Å². The number of aliphatic imine (C=N–C) groups is 1. The summed E-state index contributed by atoms with van der Waals surface area (Å²) in [4.78, 5) is 6.89. The molecule has 25 heavy (non-hydrogen) atoms. The molecule has 2 rings (SSSR count). The molecule has 1 heterocycles. The standard InChI is InChI=1S/C17H25BrN6.HI/c1-3-19-17(20-10-4-5-11-24-13-21-22-14-24)23(2)12-15-6-8-16(18)9-7-15;/h6-9,13-14H,3-5,10-12H2,1-2H3,(H,19,20);1H. The van der Waals surface area contributed by atoms with Gasteiger partial charge in [0.05, 0.1) is 0 Å². The van der Waals surface area contributed by atoms with E-state index in [9.17, 15) is 0 Å². The highest BCUT2D eigenvalue weighted by atomic mass is 127. The van der Waals surface area contributed by atoms with Crippen LogP contribution in [0.15, 0.2) is 46.4 Å². The molecule has 0 aliphatic carbocycles. The topological polar surface area (TPSA) is 58.3 Å². The number of halogens is 2. The number of nitrogens with zero attached hydrogens (tertiary/aromatic N) is 5. The van der Waals surface area contributed by atoms with Crippen molar-refractivity contribution < 1.29 is 0 Å². The number of hydrogen-bond donors (Lipinski definition) is 1. The number of hydrogen-bond acceptors (Lipinski definition) is 3. The highest BCUT2D eigenvalue weighted by Gasteiger charge is 2.06. The zero-order chi connectivity index (χ0) is 17.2. The second-order valence-electron chi connectivity index (χ2n) is 5.62. The monoisotopic (exact) mass is 520 g/mol. The van der Waals surface area contributed by atoms with Crippen molar-refractivity contribution in [2.24, 2.45) is 4.99 Å². The van der Waals surface area contributed by atoms with Gasteiger partial charge in [0.15, 0.2) is 5.96 Å². The maximum Gasteiger partial charge on any atom is 0.193 e. The van der Waals surface area contributed by atoms with Crippen molar-refractivity contribution in [1.82, 2.24) is 25.0 Å². The molecule has 1 aromatic heterocycles. The van der Waals surface area contributed by atoms with E-state index in [4.69, 9.17) is 4.99 Å². The molecule has 0 aliphatic heterocycles. The van der Waals surface area contributed by atoms with Gasteiger partial charge in [-0.1, -0.05) is 28.1 Å². The van der Waals surface area contributed by atoms with Crippen molar-refractivity contribution in [2.45, 2.75) is 32.9 Å². The molecular formula is C17H26BrIN6. The van der Waals surface area contributed by atoms with Gasteiger partial charge >= 0.3 is 0 Å². The van der Waals surface area contributed by atoms with Gasteiger partial charge in [-0.2, -0.15) is 0 Å². The third-order valence-corrected chi connectivity index (χ3v) is 4.11. The summed E-state index contributed by atoms with van der Waals surface area (Å²) in [5, 5.41) is 11.0. The van der Waals surface area contributed by atoms with E-state index in [1.54, 1.807) is 12.7 Å². The summed E-state index contributed by atoms with van der Waals surface area (Å²) in [6.45, 7) is 5.54. The molecule has 0 bridgehead atoms. The van der Waals surface area contributed by atoms with Crippen LogP contribution in [0.2, 0.25) is 0 Å². The Morgan fingerprint density at radius 1 is 1.20 bits per heavy atom. The summed E-state index contributed by atoms with van der Waals surface area (Å²) >= 11 is 3.47. The maximum absolute atomic E-state index is 4.73. The van der Waals surface area contributed by atoms with Crippen molar-refractivity contribution in [3.05, 3.63) is 47.0 Å². The van der Waals surface area contributed by atoms with Crippen LogP contribution in [-0.4, -0.2) is 45.8 Å². The molecular weight excluding hydrogens is 495 g/mol. The predicted octanol–water partition coefficient (Wildman–Crippen LogP) is 3.54. The smallest absolute Gasteiger partial charge is 0.193 e. The number of nitrogens with one attached hydrogen (secondary N) is 1. The molecule has 0 spiro atoms. The lowest BCUT2D eigenvalue weighted by atomic mass is 10.2. The second-order valence-corrected chi connectivity index (χ2v) is 6.54. The molecule has 8 heteroatoms. The second kappa shape index (κ2) is 12.2.